The van der Waals surface area contributed by atoms with E-state index in [-0.39, 0.29) is 12.3 Å². The van der Waals surface area contributed by atoms with E-state index in [9.17, 15) is 4.79 Å². The number of likely N-dealkylation sites (tertiary alicyclic amines) is 1. The number of piperidine rings is 1. The van der Waals surface area contributed by atoms with Gasteiger partial charge in [0.15, 0.2) is 0 Å². The lowest BCUT2D eigenvalue weighted by atomic mass is 9.84. The van der Waals surface area contributed by atoms with Crippen LogP contribution in [0.2, 0.25) is 0 Å². The van der Waals surface area contributed by atoms with Crippen LogP contribution in [0.5, 0.6) is 0 Å². The molecule has 0 amide bonds. The van der Waals surface area contributed by atoms with Crippen molar-refractivity contribution in [2.45, 2.75) is 45.6 Å². The van der Waals surface area contributed by atoms with Gasteiger partial charge in [0.05, 0.1) is 6.26 Å². The molecule has 0 spiro atoms. The Morgan fingerprint density at radius 3 is 3.00 bits per heavy atom. The molecular formula is C16H25NO3. The fourth-order valence-corrected chi connectivity index (χ4v) is 3.20. The van der Waals surface area contributed by atoms with Crippen LogP contribution in [0.4, 0.5) is 0 Å². The molecule has 1 aliphatic heterocycles. The van der Waals surface area contributed by atoms with Crippen LogP contribution < -0.4 is 0 Å². The molecule has 1 N–H and O–H groups in total. The van der Waals surface area contributed by atoms with E-state index in [0.29, 0.717) is 12.0 Å². The number of furan rings is 1. The Bertz CT molecular complexity index is 415. The van der Waals surface area contributed by atoms with Gasteiger partial charge in [0, 0.05) is 25.4 Å². The molecule has 1 fully saturated rings. The van der Waals surface area contributed by atoms with Crippen LogP contribution in [-0.4, -0.2) is 35.1 Å². The largest absolute Gasteiger partial charge is 0.481 e. The fraction of sp³-hybridized carbons (Fsp3) is 0.688. The van der Waals surface area contributed by atoms with Gasteiger partial charge in [-0.2, -0.15) is 0 Å². The Labute approximate surface area is 120 Å². The molecule has 0 radical (unpaired) electrons. The maximum Gasteiger partial charge on any atom is 0.303 e. The highest BCUT2D eigenvalue weighted by Gasteiger charge is 2.28. The van der Waals surface area contributed by atoms with Crippen molar-refractivity contribution in [1.29, 1.82) is 0 Å². The smallest absolute Gasteiger partial charge is 0.303 e. The first-order valence-corrected chi connectivity index (χ1v) is 7.54. The average molecular weight is 279 g/mol. The van der Waals surface area contributed by atoms with Gasteiger partial charge in [-0.3, -0.25) is 9.69 Å². The van der Waals surface area contributed by atoms with Crippen molar-refractivity contribution >= 4 is 5.97 Å². The van der Waals surface area contributed by atoms with E-state index < -0.39 is 5.97 Å². The summed E-state index contributed by atoms with van der Waals surface area (Å²) in [6.07, 6.45) is 5.24. The SMILES string of the molecule is CC(CC(=O)O)C1CCCN(C(C)Cc2ccco2)C1. The summed E-state index contributed by atoms with van der Waals surface area (Å²) in [7, 11) is 0. The number of nitrogens with zero attached hydrogens (tertiary/aromatic N) is 1. The van der Waals surface area contributed by atoms with E-state index in [1.807, 2.05) is 12.1 Å². The van der Waals surface area contributed by atoms with Crippen LogP contribution in [0.25, 0.3) is 0 Å². The minimum atomic E-state index is -0.682. The summed E-state index contributed by atoms with van der Waals surface area (Å²) in [4.78, 5) is 13.3. The van der Waals surface area contributed by atoms with E-state index in [4.69, 9.17) is 9.52 Å². The molecule has 2 rings (SSSR count). The van der Waals surface area contributed by atoms with Crippen molar-refractivity contribution < 1.29 is 14.3 Å². The van der Waals surface area contributed by atoms with Crippen LogP contribution in [0, 0.1) is 11.8 Å². The third-order valence-corrected chi connectivity index (χ3v) is 4.49. The second-order valence-corrected chi connectivity index (χ2v) is 6.10. The molecule has 0 aliphatic carbocycles. The fourth-order valence-electron chi connectivity index (χ4n) is 3.20. The van der Waals surface area contributed by atoms with Gasteiger partial charge in [-0.1, -0.05) is 6.92 Å². The quantitative estimate of drug-likeness (QED) is 0.869. The number of rotatable bonds is 6. The van der Waals surface area contributed by atoms with Crippen molar-refractivity contribution in [2.75, 3.05) is 13.1 Å². The van der Waals surface area contributed by atoms with Gasteiger partial charge in [-0.15, -0.1) is 0 Å². The Hall–Kier alpha value is -1.29. The molecule has 3 atom stereocenters. The first-order valence-electron chi connectivity index (χ1n) is 7.54. The molecule has 0 bridgehead atoms. The van der Waals surface area contributed by atoms with Crippen LogP contribution in [0.3, 0.4) is 0 Å². The first kappa shape index (κ1) is 15.1. The number of carboxylic acids is 1. The predicted molar refractivity (Wildman–Crippen MR) is 77.6 cm³/mol. The molecule has 2 heterocycles. The van der Waals surface area contributed by atoms with Gasteiger partial charge in [-0.05, 0) is 50.3 Å². The summed E-state index contributed by atoms with van der Waals surface area (Å²) in [5, 5.41) is 8.93. The molecule has 1 saturated heterocycles. The Balaban J connectivity index is 1.87. The maximum absolute atomic E-state index is 10.9. The van der Waals surface area contributed by atoms with Gasteiger partial charge >= 0.3 is 5.97 Å². The maximum atomic E-state index is 10.9. The van der Waals surface area contributed by atoms with Crippen molar-refractivity contribution in [2.24, 2.45) is 11.8 Å². The lowest BCUT2D eigenvalue weighted by molar-refractivity contribution is -0.138. The molecular weight excluding hydrogens is 254 g/mol. The van der Waals surface area contributed by atoms with Crippen molar-refractivity contribution in [1.82, 2.24) is 4.90 Å². The van der Waals surface area contributed by atoms with E-state index in [1.54, 1.807) is 6.26 Å². The molecule has 0 aromatic carbocycles. The number of hydrogen-bond acceptors (Lipinski definition) is 3. The highest BCUT2D eigenvalue weighted by Crippen LogP contribution is 2.27. The van der Waals surface area contributed by atoms with E-state index in [2.05, 4.69) is 18.7 Å². The van der Waals surface area contributed by atoms with E-state index in [1.165, 1.54) is 0 Å². The minimum Gasteiger partial charge on any atom is -0.481 e. The summed E-state index contributed by atoms with van der Waals surface area (Å²) in [6, 6.07) is 4.39. The lowest BCUT2D eigenvalue weighted by Crippen LogP contribution is -2.44. The third kappa shape index (κ3) is 4.10. The topological polar surface area (TPSA) is 53.7 Å². The third-order valence-electron chi connectivity index (χ3n) is 4.49. The molecule has 1 aromatic heterocycles. The average Bonchev–Trinajstić information content (AvgIpc) is 2.91. The normalized spacial score (nSPS) is 23.4. The first-order chi connectivity index (χ1) is 9.56. The van der Waals surface area contributed by atoms with Gasteiger partial charge in [0.2, 0.25) is 0 Å². The molecule has 3 unspecified atom stereocenters. The standard InChI is InChI=1S/C16H25NO3/c1-12(9-16(18)19)14-5-3-7-17(11-14)13(2)10-15-6-4-8-20-15/h4,6,8,12-14H,3,5,7,9-11H2,1-2H3,(H,18,19). The number of carbonyl (C=O) groups is 1. The van der Waals surface area contributed by atoms with E-state index in [0.717, 1.165) is 38.1 Å². The predicted octanol–water partition coefficient (Wildman–Crippen LogP) is 3.03. The number of hydrogen-bond donors (Lipinski definition) is 1. The second-order valence-electron chi connectivity index (χ2n) is 6.10. The van der Waals surface area contributed by atoms with Gasteiger partial charge in [0.25, 0.3) is 0 Å². The molecule has 20 heavy (non-hydrogen) atoms. The number of carboxylic acid groups (broad SMARTS) is 1. The summed E-state index contributed by atoms with van der Waals surface area (Å²) >= 11 is 0. The molecule has 1 aliphatic rings. The highest BCUT2D eigenvalue weighted by molar-refractivity contribution is 5.67. The van der Waals surface area contributed by atoms with Crippen LogP contribution in [0.1, 0.15) is 38.9 Å². The zero-order valence-electron chi connectivity index (χ0n) is 12.4. The molecule has 4 nitrogen and oxygen atoms in total. The lowest BCUT2D eigenvalue weighted by Gasteiger charge is -2.38. The minimum absolute atomic E-state index is 0.256. The molecule has 112 valence electrons. The summed E-state index contributed by atoms with van der Waals surface area (Å²) in [6.45, 7) is 6.42. The summed E-state index contributed by atoms with van der Waals surface area (Å²) < 4.78 is 5.42. The highest BCUT2D eigenvalue weighted by atomic mass is 16.4. The Morgan fingerprint density at radius 2 is 2.35 bits per heavy atom. The van der Waals surface area contributed by atoms with Crippen LogP contribution in [0.15, 0.2) is 22.8 Å². The van der Waals surface area contributed by atoms with Crippen LogP contribution >= 0.6 is 0 Å². The van der Waals surface area contributed by atoms with Gasteiger partial charge in [0.1, 0.15) is 5.76 Å². The Morgan fingerprint density at radius 1 is 1.55 bits per heavy atom. The molecule has 4 heteroatoms. The number of aliphatic carboxylic acids is 1. The second kappa shape index (κ2) is 6.93. The van der Waals surface area contributed by atoms with Crippen LogP contribution in [-0.2, 0) is 11.2 Å². The Kier molecular flexibility index (Phi) is 5.24. The monoisotopic (exact) mass is 279 g/mol. The molecule has 0 saturated carbocycles. The summed E-state index contributed by atoms with van der Waals surface area (Å²) in [5.74, 6) is 1.10. The van der Waals surface area contributed by atoms with Gasteiger partial charge in [-0.25, -0.2) is 0 Å². The van der Waals surface area contributed by atoms with Crippen molar-refractivity contribution in [3.8, 4) is 0 Å². The zero-order chi connectivity index (χ0) is 14.5. The van der Waals surface area contributed by atoms with Gasteiger partial charge < -0.3 is 9.52 Å². The summed E-state index contributed by atoms with van der Waals surface area (Å²) in [5.41, 5.74) is 0. The van der Waals surface area contributed by atoms with Crippen molar-refractivity contribution in [3.05, 3.63) is 24.2 Å². The van der Waals surface area contributed by atoms with E-state index >= 15 is 0 Å². The zero-order valence-corrected chi connectivity index (χ0v) is 12.4. The molecule has 1 aromatic rings. The van der Waals surface area contributed by atoms with Crippen molar-refractivity contribution in [3.63, 3.8) is 0 Å².